The van der Waals surface area contributed by atoms with E-state index in [1.165, 1.54) is 6.26 Å². The van der Waals surface area contributed by atoms with E-state index >= 15 is 0 Å². The molecule has 4 aromatic rings. The summed E-state index contributed by atoms with van der Waals surface area (Å²) in [5.41, 5.74) is 3.55. The number of para-hydroxylation sites is 2. The number of aromatic nitrogens is 1. The molecule has 2 N–H and O–H groups in total. The van der Waals surface area contributed by atoms with Gasteiger partial charge in [0, 0.05) is 23.0 Å². The van der Waals surface area contributed by atoms with Crippen molar-refractivity contribution in [1.82, 2.24) is 15.2 Å². The van der Waals surface area contributed by atoms with E-state index in [2.05, 4.69) is 10.3 Å². The third-order valence-electron chi connectivity index (χ3n) is 6.73. The first-order chi connectivity index (χ1) is 16.5. The summed E-state index contributed by atoms with van der Waals surface area (Å²) in [5, 5.41) is 3.87. The van der Waals surface area contributed by atoms with Gasteiger partial charge >= 0.3 is 6.03 Å². The van der Waals surface area contributed by atoms with E-state index in [0.717, 1.165) is 27.1 Å². The normalized spacial score (nSPS) is 19.4. The second-order valence-corrected chi connectivity index (χ2v) is 8.60. The molecule has 6 rings (SSSR count). The third kappa shape index (κ3) is 2.95. The molecule has 1 saturated heterocycles. The van der Waals surface area contributed by atoms with Crippen molar-refractivity contribution in [3.8, 4) is 0 Å². The van der Waals surface area contributed by atoms with Gasteiger partial charge in [-0.2, -0.15) is 0 Å². The van der Waals surface area contributed by atoms with Crippen molar-refractivity contribution in [3.05, 3.63) is 89.5 Å². The predicted molar refractivity (Wildman–Crippen MR) is 125 cm³/mol. The molecule has 0 spiro atoms. The Labute approximate surface area is 195 Å². The molecule has 1 unspecified atom stereocenters. The first-order valence-electron chi connectivity index (χ1n) is 11.2. The molecule has 1 fully saturated rings. The number of imide groups is 1. The van der Waals surface area contributed by atoms with E-state index in [9.17, 15) is 14.4 Å². The Morgan fingerprint density at radius 2 is 1.88 bits per heavy atom. The highest BCUT2D eigenvalue weighted by atomic mass is 16.3. The molecular weight excluding hydrogens is 432 g/mol. The van der Waals surface area contributed by atoms with Crippen LogP contribution in [0.25, 0.3) is 10.9 Å². The number of benzene rings is 2. The Hall–Kier alpha value is -4.33. The minimum absolute atomic E-state index is 0.204. The van der Waals surface area contributed by atoms with Crippen LogP contribution in [0.5, 0.6) is 0 Å². The van der Waals surface area contributed by atoms with Crippen LogP contribution in [0, 0.1) is 0 Å². The number of fused-ring (bicyclic) bond motifs is 4. The smallest absolute Gasteiger partial charge is 0.332 e. The number of urea groups is 1. The van der Waals surface area contributed by atoms with E-state index in [-0.39, 0.29) is 35.7 Å². The highest BCUT2D eigenvalue weighted by Crippen LogP contribution is 2.42. The number of hydrogen-bond donors (Lipinski definition) is 2. The molecule has 0 aliphatic carbocycles. The minimum atomic E-state index is -0.617. The van der Waals surface area contributed by atoms with Gasteiger partial charge in [-0.3, -0.25) is 9.59 Å². The zero-order valence-corrected chi connectivity index (χ0v) is 18.4. The zero-order chi connectivity index (χ0) is 23.4. The van der Waals surface area contributed by atoms with Gasteiger partial charge < -0.3 is 19.6 Å². The minimum Gasteiger partial charge on any atom is -0.467 e. The van der Waals surface area contributed by atoms with E-state index in [4.69, 9.17) is 4.42 Å². The Balaban J connectivity index is 1.33. The van der Waals surface area contributed by atoms with Gasteiger partial charge in [0.05, 0.1) is 30.1 Å². The van der Waals surface area contributed by atoms with Crippen molar-refractivity contribution >= 4 is 34.4 Å². The summed E-state index contributed by atoms with van der Waals surface area (Å²) in [6.07, 6.45) is 1.96. The summed E-state index contributed by atoms with van der Waals surface area (Å²) in [7, 11) is 0. The van der Waals surface area contributed by atoms with Crippen molar-refractivity contribution in [1.29, 1.82) is 0 Å². The molecule has 2 aromatic heterocycles. The first kappa shape index (κ1) is 20.3. The van der Waals surface area contributed by atoms with Gasteiger partial charge in [0.15, 0.2) is 0 Å². The van der Waals surface area contributed by atoms with Gasteiger partial charge in [-0.15, -0.1) is 0 Å². The maximum absolute atomic E-state index is 13.6. The summed E-state index contributed by atoms with van der Waals surface area (Å²) in [6.45, 7) is 2.13. The largest absolute Gasteiger partial charge is 0.467 e. The fourth-order valence-corrected chi connectivity index (χ4v) is 5.12. The van der Waals surface area contributed by atoms with Crippen LogP contribution in [0.15, 0.2) is 71.3 Å². The molecule has 4 amide bonds. The second-order valence-electron chi connectivity index (χ2n) is 8.60. The lowest BCUT2D eigenvalue weighted by Gasteiger charge is -2.33. The lowest BCUT2D eigenvalue weighted by Crippen LogP contribution is -2.42. The molecule has 0 bridgehead atoms. The van der Waals surface area contributed by atoms with Gasteiger partial charge in [-0.25, -0.2) is 9.69 Å². The van der Waals surface area contributed by atoms with Gasteiger partial charge in [-0.05, 0) is 42.8 Å². The van der Waals surface area contributed by atoms with Gasteiger partial charge in [0.25, 0.3) is 11.8 Å². The summed E-state index contributed by atoms with van der Waals surface area (Å²) >= 11 is 0. The second kappa shape index (κ2) is 7.62. The number of nitrogens with one attached hydrogen (secondary N) is 2. The van der Waals surface area contributed by atoms with E-state index in [1.807, 2.05) is 31.2 Å². The topological polar surface area (TPSA) is 98.6 Å². The number of amides is 4. The lowest BCUT2D eigenvalue weighted by molar-refractivity contribution is -0.120. The highest BCUT2D eigenvalue weighted by molar-refractivity contribution is 6.24. The van der Waals surface area contributed by atoms with Crippen molar-refractivity contribution in [2.45, 2.75) is 32.0 Å². The molecule has 4 heterocycles. The fraction of sp³-hybridized carbons (Fsp3) is 0.192. The predicted octanol–water partition coefficient (Wildman–Crippen LogP) is 4.15. The van der Waals surface area contributed by atoms with Crippen molar-refractivity contribution in [3.63, 3.8) is 0 Å². The summed E-state index contributed by atoms with van der Waals surface area (Å²) in [5.74, 6) is -0.0979. The number of hydrogen-bond acceptors (Lipinski definition) is 4. The molecule has 0 saturated carbocycles. The maximum atomic E-state index is 13.6. The molecule has 2 aliphatic rings. The van der Waals surface area contributed by atoms with Crippen LogP contribution in [0.2, 0.25) is 0 Å². The maximum Gasteiger partial charge on any atom is 0.332 e. The van der Waals surface area contributed by atoms with Gasteiger partial charge in [0.2, 0.25) is 0 Å². The first-order valence-corrected chi connectivity index (χ1v) is 11.2. The van der Waals surface area contributed by atoms with Crippen molar-refractivity contribution < 1.29 is 18.8 Å². The SMILES string of the molecule is CC1c2[nH]c3ccccc3c2C[C@H]2C(=O)N(c3ccccc3C(=O)NCc3ccco3)C(=O)N12. The molecule has 0 radical (unpaired) electrons. The summed E-state index contributed by atoms with van der Waals surface area (Å²) in [4.78, 5) is 46.3. The average Bonchev–Trinajstić information content (AvgIpc) is 3.56. The van der Waals surface area contributed by atoms with E-state index in [1.54, 1.807) is 41.3 Å². The quantitative estimate of drug-likeness (QED) is 0.453. The van der Waals surface area contributed by atoms with Crippen molar-refractivity contribution in [2.24, 2.45) is 0 Å². The Bertz CT molecular complexity index is 1440. The van der Waals surface area contributed by atoms with Crippen LogP contribution in [-0.4, -0.2) is 33.8 Å². The monoisotopic (exact) mass is 454 g/mol. The Morgan fingerprint density at radius 1 is 1.09 bits per heavy atom. The average molecular weight is 454 g/mol. The molecular formula is C26H22N4O4. The molecule has 34 heavy (non-hydrogen) atoms. The number of H-pyrrole nitrogens is 1. The molecule has 8 heteroatoms. The standard InChI is InChI=1S/C26H22N4O4/c1-15-23-19(17-8-2-4-10-20(17)28-23)13-22-25(32)30(26(33)29(15)22)21-11-5-3-9-18(21)24(31)27-14-16-7-6-12-34-16/h2-12,15,22,28H,13-14H2,1H3,(H,27,31)/t15?,22-/m0/s1. The number of carbonyl (C=O) groups excluding carboxylic acids is 3. The zero-order valence-electron chi connectivity index (χ0n) is 18.4. The van der Waals surface area contributed by atoms with Crippen LogP contribution < -0.4 is 10.2 Å². The summed E-state index contributed by atoms with van der Waals surface area (Å²) in [6, 6.07) is 16.8. The Morgan fingerprint density at radius 3 is 2.71 bits per heavy atom. The number of nitrogens with zero attached hydrogens (tertiary/aromatic N) is 2. The molecule has 2 atom stereocenters. The van der Waals surface area contributed by atoms with Crippen LogP contribution in [0.3, 0.4) is 0 Å². The summed E-state index contributed by atoms with van der Waals surface area (Å²) < 4.78 is 5.27. The number of furan rings is 1. The van der Waals surface area contributed by atoms with Crippen molar-refractivity contribution in [2.75, 3.05) is 4.90 Å². The molecule has 8 nitrogen and oxygen atoms in total. The fourth-order valence-electron chi connectivity index (χ4n) is 5.12. The number of rotatable bonds is 4. The lowest BCUT2D eigenvalue weighted by atomic mass is 9.93. The Kier molecular flexibility index (Phi) is 4.55. The molecule has 2 aromatic carbocycles. The third-order valence-corrected chi connectivity index (χ3v) is 6.73. The van der Waals surface area contributed by atoms with Crippen LogP contribution in [-0.2, 0) is 17.8 Å². The molecule has 170 valence electrons. The van der Waals surface area contributed by atoms with Crippen LogP contribution >= 0.6 is 0 Å². The van der Waals surface area contributed by atoms with Crippen LogP contribution in [0.4, 0.5) is 10.5 Å². The van der Waals surface area contributed by atoms with Crippen LogP contribution in [0.1, 0.15) is 40.3 Å². The number of aromatic amines is 1. The van der Waals surface area contributed by atoms with E-state index < -0.39 is 12.1 Å². The number of anilines is 1. The van der Waals surface area contributed by atoms with Gasteiger partial charge in [0.1, 0.15) is 11.8 Å². The van der Waals surface area contributed by atoms with E-state index in [0.29, 0.717) is 12.2 Å². The van der Waals surface area contributed by atoms with Gasteiger partial charge in [-0.1, -0.05) is 30.3 Å². The highest BCUT2D eigenvalue weighted by Gasteiger charge is 2.52. The molecule has 2 aliphatic heterocycles. The number of carbonyl (C=O) groups is 3.